The van der Waals surface area contributed by atoms with Crippen molar-refractivity contribution in [2.75, 3.05) is 0 Å². The average Bonchev–Trinajstić information content (AvgIpc) is 2.17. The lowest BCUT2D eigenvalue weighted by atomic mass is 9.57. The van der Waals surface area contributed by atoms with Crippen molar-refractivity contribution < 1.29 is 19.4 Å². The van der Waals surface area contributed by atoms with E-state index in [0.29, 0.717) is 0 Å². The molecule has 22 heavy (non-hydrogen) atoms. The molecule has 0 saturated heterocycles. The van der Waals surface area contributed by atoms with E-state index < -0.39 is 17.7 Å². The van der Waals surface area contributed by atoms with Crippen LogP contribution in [-0.2, 0) is 9.53 Å². The predicted octanol–water partition coefficient (Wildman–Crippen LogP) is 3.82. The molecule has 2 unspecified atom stereocenters. The standard InChI is InChI=1S/C17H31NO4/c1-15(2,3)22-14(21)18-12-9-16(4,5)10-17(6,7)11(12)8-13(19)20/h11-12H,8-10H2,1-7H3,(H,18,21)(H,19,20). The Morgan fingerprint density at radius 3 is 2.23 bits per heavy atom. The third kappa shape index (κ3) is 5.50. The molecule has 1 rings (SSSR count). The number of rotatable bonds is 3. The van der Waals surface area contributed by atoms with E-state index in [-0.39, 0.29) is 29.2 Å². The molecular formula is C17H31NO4. The maximum Gasteiger partial charge on any atom is 0.407 e. The van der Waals surface area contributed by atoms with Gasteiger partial charge in [-0.3, -0.25) is 4.79 Å². The molecule has 0 spiro atoms. The molecule has 0 aromatic heterocycles. The Morgan fingerprint density at radius 1 is 1.23 bits per heavy atom. The van der Waals surface area contributed by atoms with Gasteiger partial charge in [-0.2, -0.15) is 0 Å². The monoisotopic (exact) mass is 313 g/mol. The van der Waals surface area contributed by atoms with Gasteiger partial charge in [-0.15, -0.1) is 0 Å². The van der Waals surface area contributed by atoms with Gasteiger partial charge in [-0.25, -0.2) is 4.79 Å². The van der Waals surface area contributed by atoms with Crippen LogP contribution in [0, 0.1) is 16.7 Å². The summed E-state index contributed by atoms with van der Waals surface area (Å²) >= 11 is 0. The molecule has 1 amide bonds. The molecule has 1 saturated carbocycles. The van der Waals surface area contributed by atoms with Crippen LogP contribution in [0.3, 0.4) is 0 Å². The lowest BCUT2D eigenvalue weighted by molar-refractivity contribution is -0.141. The van der Waals surface area contributed by atoms with Crippen LogP contribution >= 0.6 is 0 Å². The predicted molar refractivity (Wildman–Crippen MR) is 85.7 cm³/mol. The Bertz CT molecular complexity index is 434. The molecule has 0 aliphatic heterocycles. The number of carboxylic acids is 1. The van der Waals surface area contributed by atoms with Gasteiger partial charge in [-0.05, 0) is 50.4 Å². The molecule has 0 heterocycles. The highest BCUT2D eigenvalue weighted by molar-refractivity contribution is 5.69. The number of alkyl carbamates (subject to hydrolysis) is 1. The van der Waals surface area contributed by atoms with Gasteiger partial charge < -0.3 is 15.2 Å². The second-order valence-corrected chi connectivity index (χ2v) is 8.99. The number of hydrogen-bond donors (Lipinski definition) is 2. The molecule has 5 heteroatoms. The molecule has 0 aromatic rings. The summed E-state index contributed by atoms with van der Waals surface area (Å²) in [5.41, 5.74) is -0.663. The largest absolute Gasteiger partial charge is 0.481 e. The summed E-state index contributed by atoms with van der Waals surface area (Å²) in [6.07, 6.45) is 1.28. The van der Waals surface area contributed by atoms with Crippen molar-refractivity contribution in [3.05, 3.63) is 0 Å². The first kappa shape index (κ1) is 18.8. The van der Waals surface area contributed by atoms with Gasteiger partial charge in [0.15, 0.2) is 0 Å². The fourth-order valence-corrected chi connectivity index (χ4v) is 3.94. The molecular weight excluding hydrogens is 282 g/mol. The van der Waals surface area contributed by atoms with E-state index in [1.54, 1.807) is 0 Å². The van der Waals surface area contributed by atoms with Crippen molar-refractivity contribution >= 4 is 12.1 Å². The Labute approximate surface area is 133 Å². The van der Waals surface area contributed by atoms with E-state index in [0.717, 1.165) is 12.8 Å². The van der Waals surface area contributed by atoms with Crippen LogP contribution in [0.2, 0.25) is 0 Å². The average molecular weight is 313 g/mol. The van der Waals surface area contributed by atoms with Crippen molar-refractivity contribution in [2.24, 2.45) is 16.7 Å². The third-order valence-electron chi connectivity index (χ3n) is 4.29. The van der Waals surface area contributed by atoms with E-state index in [4.69, 9.17) is 4.74 Å². The van der Waals surface area contributed by atoms with Crippen LogP contribution in [0.15, 0.2) is 0 Å². The summed E-state index contributed by atoms with van der Waals surface area (Å²) in [6, 6.07) is -0.190. The number of hydrogen-bond acceptors (Lipinski definition) is 3. The van der Waals surface area contributed by atoms with E-state index in [9.17, 15) is 14.7 Å². The van der Waals surface area contributed by atoms with Gasteiger partial charge in [0.25, 0.3) is 0 Å². The lowest BCUT2D eigenvalue weighted by Crippen LogP contribution is -2.54. The number of carbonyl (C=O) groups is 2. The Balaban J connectivity index is 2.94. The van der Waals surface area contributed by atoms with Gasteiger partial charge >= 0.3 is 12.1 Å². The van der Waals surface area contributed by atoms with Crippen LogP contribution in [0.25, 0.3) is 0 Å². The maximum absolute atomic E-state index is 12.1. The fourth-order valence-electron chi connectivity index (χ4n) is 3.94. The Morgan fingerprint density at radius 2 is 1.77 bits per heavy atom. The van der Waals surface area contributed by atoms with Crippen LogP contribution in [0.1, 0.15) is 67.7 Å². The summed E-state index contributed by atoms with van der Waals surface area (Å²) in [4.78, 5) is 23.3. The van der Waals surface area contributed by atoms with E-state index >= 15 is 0 Å². The minimum absolute atomic E-state index is 0.0538. The normalized spacial score (nSPS) is 27.0. The molecule has 1 aliphatic rings. The zero-order chi connectivity index (χ0) is 17.3. The molecule has 128 valence electrons. The number of amides is 1. The van der Waals surface area contributed by atoms with Gasteiger partial charge in [-0.1, -0.05) is 27.7 Å². The van der Waals surface area contributed by atoms with Crippen LogP contribution in [0.4, 0.5) is 4.79 Å². The van der Waals surface area contributed by atoms with Crippen LogP contribution in [0.5, 0.6) is 0 Å². The van der Waals surface area contributed by atoms with Gasteiger partial charge in [0.1, 0.15) is 5.60 Å². The minimum atomic E-state index is -0.825. The van der Waals surface area contributed by atoms with Gasteiger partial charge in [0.05, 0.1) is 6.42 Å². The maximum atomic E-state index is 12.1. The zero-order valence-corrected chi connectivity index (χ0v) is 14.9. The zero-order valence-electron chi connectivity index (χ0n) is 14.9. The quantitative estimate of drug-likeness (QED) is 0.830. The summed E-state index contributed by atoms with van der Waals surface area (Å²) in [6.45, 7) is 13.9. The Kier molecular flexibility index (Phi) is 5.20. The number of nitrogens with one attached hydrogen (secondary N) is 1. The second kappa shape index (κ2) is 6.09. The smallest absolute Gasteiger partial charge is 0.407 e. The number of carboxylic acid groups (broad SMARTS) is 1. The van der Waals surface area contributed by atoms with Crippen LogP contribution < -0.4 is 5.32 Å². The summed E-state index contributed by atoms with van der Waals surface area (Å²) in [7, 11) is 0. The highest BCUT2D eigenvalue weighted by atomic mass is 16.6. The lowest BCUT2D eigenvalue weighted by Gasteiger charge is -2.50. The first-order chi connectivity index (χ1) is 9.72. The van der Waals surface area contributed by atoms with Crippen molar-refractivity contribution in [3.63, 3.8) is 0 Å². The highest BCUT2D eigenvalue weighted by Gasteiger charge is 2.47. The molecule has 2 atom stereocenters. The third-order valence-corrected chi connectivity index (χ3v) is 4.29. The molecule has 1 fully saturated rings. The first-order valence-corrected chi connectivity index (χ1v) is 7.93. The minimum Gasteiger partial charge on any atom is -0.481 e. The topological polar surface area (TPSA) is 75.6 Å². The van der Waals surface area contributed by atoms with E-state index in [1.165, 1.54) is 0 Å². The molecule has 0 aromatic carbocycles. The molecule has 5 nitrogen and oxygen atoms in total. The molecule has 0 bridgehead atoms. The van der Waals surface area contributed by atoms with E-state index in [1.807, 2.05) is 20.8 Å². The number of aliphatic carboxylic acids is 1. The second-order valence-electron chi connectivity index (χ2n) is 8.99. The summed E-state index contributed by atoms with van der Waals surface area (Å²) in [5.74, 6) is -0.931. The summed E-state index contributed by atoms with van der Waals surface area (Å²) in [5, 5.41) is 12.1. The first-order valence-electron chi connectivity index (χ1n) is 7.93. The summed E-state index contributed by atoms with van der Waals surface area (Å²) < 4.78 is 5.33. The van der Waals surface area contributed by atoms with Crippen LogP contribution in [-0.4, -0.2) is 28.8 Å². The fraction of sp³-hybridized carbons (Fsp3) is 0.882. The van der Waals surface area contributed by atoms with Gasteiger partial charge in [0.2, 0.25) is 0 Å². The van der Waals surface area contributed by atoms with Crippen molar-refractivity contribution in [3.8, 4) is 0 Å². The molecule has 2 N–H and O–H groups in total. The van der Waals surface area contributed by atoms with E-state index in [2.05, 4.69) is 33.0 Å². The molecule has 0 radical (unpaired) electrons. The van der Waals surface area contributed by atoms with Crippen molar-refractivity contribution in [2.45, 2.75) is 79.4 Å². The van der Waals surface area contributed by atoms with Crippen molar-refractivity contribution in [1.29, 1.82) is 0 Å². The number of ether oxygens (including phenoxy) is 1. The molecule has 1 aliphatic carbocycles. The Hall–Kier alpha value is -1.26. The van der Waals surface area contributed by atoms with Crippen molar-refractivity contribution in [1.82, 2.24) is 5.32 Å². The number of carbonyl (C=O) groups excluding carboxylic acids is 1. The van der Waals surface area contributed by atoms with Gasteiger partial charge in [0, 0.05) is 6.04 Å². The highest BCUT2D eigenvalue weighted by Crippen LogP contribution is 2.50. The SMILES string of the molecule is CC1(C)CC(NC(=O)OC(C)(C)C)C(CC(=O)O)C(C)(C)C1.